The van der Waals surface area contributed by atoms with Gasteiger partial charge in [-0.25, -0.2) is 0 Å². The third-order valence-electron chi connectivity index (χ3n) is 2.59. The van der Waals surface area contributed by atoms with Crippen molar-refractivity contribution in [2.75, 3.05) is 0 Å². The van der Waals surface area contributed by atoms with E-state index in [1.54, 1.807) is 0 Å². The van der Waals surface area contributed by atoms with Gasteiger partial charge in [0.25, 0.3) is 0 Å². The molecule has 0 aliphatic rings. The molecule has 0 saturated carbocycles. The van der Waals surface area contributed by atoms with Crippen LogP contribution in [0.5, 0.6) is 0 Å². The van der Waals surface area contributed by atoms with E-state index in [1.165, 1.54) is 0 Å². The number of nitrogens with one attached hydrogen (secondary N) is 1. The SMILES string of the molecule is CCCC(=O)N[C@H](C)c1cnn(C)c1C. The van der Waals surface area contributed by atoms with Gasteiger partial charge in [-0.1, -0.05) is 6.92 Å². The number of aryl methyl sites for hydroxylation is 1. The zero-order chi connectivity index (χ0) is 11.4. The molecule has 0 aliphatic carbocycles. The lowest BCUT2D eigenvalue weighted by Gasteiger charge is -2.13. The highest BCUT2D eigenvalue weighted by Crippen LogP contribution is 2.15. The summed E-state index contributed by atoms with van der Waals surface area (Å²) in [4.78, 5) is 11.4. The van der Waals surface area contributed by atoms with Crippen LogP contribution in [0.15, 0.2) is 6.20 Å². The van der Waals surface area contributed by atoms with Crippen LogP contribution >= 0.6 is 0 Å². The van der Waals surface area contributed by atoms with Gasteiger partial charge in [-0.3, -0.25) is 9.48 Å². The molecule has 0 bridgehead atoms. The molecule has 1 rings (SSSR count). The van der Waals surface area contributed by atoms with Gasteiger partial charge in [0.05, 0.1) is 12.2 Å². The van der Waals surface area contributed by atoms with Gasteiger partial charge < -0.3 is 5.32 Å². The van der Waals surface area contributed by atoms with E-state index in [2.05, 4.69) is 10.4 Å². The van der Waals surface area contributed by atoms with E-state index >= 15 is 0 Å². The topological polar surface area (TPSA) is 46.9 Å². The molecule has 15 heavy (non-hydrogen) atoms. The summed E-state index contributed by atoms with van der Waals surface area (Å²) in [7, 11) is 1.90. The largest absolute Gasteiger partial charge is 0.349 e. The number of hydrogen-bond acceptors (Lipinski definition) is 2. The molecule has 1 atom stereocenters. The molecular weight excluding hydrogens is 190 g/mol. The number of carbonyl (C=O) groups excluding carboxylic acids is 1. The van der Waals surface area contributed by atoms with Crippen molar-refractivity contribution in [2.45, 2.75) is 39.7 Å². The fraction of sp³-hybridized carbons (Fsp3) is 0.636. The lowest BCUT2D eigenvalue weighted by atomic mass is 10.1. The predicted molar refractivity (Wildman–Crippen MR) is 59.4 cm³/mol. The minimum Gasteiger partial charge on any atom is -0.349 e. The first kappa shape index (κ1) is 11.8. The van der Waals surface area contributed by atoms with Crippen LogP contribution in [0, 0.1) is 6.92 Å². The summed E-state index contributed by atoms with van der Waals surface area (Å²) in [6.07, 6.45) is 3.28. The summed E-state index contributed by atoms with van der Waals surface area (Å²) in [5, 5.41) is 7.11. The molecule has 0 radical (unpaired) electrons. The maximum atomic E-state index is 11.4. The summed E-state index contributed by atoms with van der Waals surface area (Å²) in [5.41, 5.74) is 2.18. The van der Waals surface area contributed by atoms with Gasteiger partial charge >= 0.3 is 0 Å². The van der Waals surface area contributed by atoms with Crippen LogP contribution < -0.4 is 5.32 Å². The van der Waals surface area contributed by atoms with Crippen LogP contribution in [0.1, 0.15) is 44.0 Å². The quantitative estimate of drug-likeness (QED) is 0.820. The lowest BCUT2D eigenvalue weighted by molar-refractivity contribution is -0.121. The van der Waals surface area contributed by atoms with E-state index in [4.69, 9.17) is 0 Å². The Balaban J connectivity index is 2.65. The summed E-state index contributed by atoms with van der Waals surface area (Å²) in [6.45, 7) is 5.99. The molecular formula is C11H19N3O. The Kier molecular flexibility index (Phi) is 3.88. The molecule has 4 nitrogen and oxygen atoms in total. The zero-order valence-electron chi connectivity index (χ0n) is 9.87. The first-order valence-corrected chi connectivity index (χ1v) is 5.34. The molecule has 1 amide bonds. The second-order valence-corrected chi connectivity index (χ2v) is 3.85. The van der Waals surface area contributed by atoms with Crippen LogP contribution in [0.4, 0.5) is 0 Å². The van der Waals surface area contributed by atoms with E-state index in [-0.39, 0.29) is 11.9 Å². The molecule has 0 unspecified atom stereocenters. The smallest absolute Gasteiger partial charge is 0.220 e. The molecule has 84 valence electrons. The maximum absolute atomic E-state index is 11.4. The molecule has 1 aromatic heterocycles. The third kappa shape index (κ3) is 2.81. The third-order valence-corrected chi connectivity index (χ3v) is 2.59. The van der Waals surface area contributed by atoms with Crippen molar-refractivity contribution in [3.05, 3.63) is 17.5 Å². The molecule has 0 aliphatic heterocycles. The standard InChI is InChI=1S/C11H19N3O/c1-5-6-11(15)13-8(2)10-7-12-14(4)9(10)3/h7-8H,5-6H2,1-4H3,(H,13,15)/t8-/m1/s1. The van der Waals surface area contributed by atoms with Crippen LogP contribution in [-0.2, 0) is 11.8 Å². The number of aromatic nitrogens is 2. The number of nitrogens with zero attached hydrogens (tertiary/aromatic N) is 2. The second kappa shape index (κ2) is 4.96. The molecule has 4 heteroatoms. The van der Waals surface area contributed by atoms with Gasteiger partial charge in [0, 0.05) is 24.7 Å². The molecule has 1 N–H and O–H groups in total. The van der Waals surface area contributed by atoms with Crippen LogP contribution in [-0.4, -0.2) is 15.7 Å². The second-order valence-electron chi connectivity index (χ2n) is 3.85. The minimum absolute atomic E-state index is 0.0396. The highest BCUT2D eigenvalue weighted by atomic mass is 16.1. The van der Waals surface area contributed by atoms with Crippen molar-refractivity contribution in [3.63, 3.8) is 0 Å². The van der Waals surface area contributed by atoms with Crippen molar-refractivity contribution in [1.29, 1.82) is 0 Å². The van der Waals surface area contributed by atoms with Crippen molar-refractivity contribution in [1.82, 2.24) is 15.1 Å². The Labute approximate surface area is 90.7 Å². The lowest BCUT2D eigenvalue weighted by Crippen LogP contribution is -2.26. The Morgan fingerprint density at radius 1 is 1.67 bits per heavy atom. The summed E-state index contributed by atoms with van der Waals surface area (Å²) in [6, 6.07) is 0.0396. The maximum Gasteiger partial charge on any atom is 0.220 e. The van der Waals surface area contributed by atoms with Crippen molar-refractivity contribution in [3.8, 4) is 0 Å². The van der Waals surface area contributed by atoms with E-state index in [1.807, 2.05) is 38.7 Å². The van der Waals surface area contributed by atoms with Gasteiger partial charge in [-0.2, -0.15) is 5.10 Å². The van der Waals surface area contributed by atoms with E-state index in [9.17, 15) is 4.79 Å². The van der Waals surface area contributed by atoms with E-state index in [0.717, 1.165) is 17.7 Å². The van der Waals surface area contributed by atoms with Crippen molar-refractivity contribution >= 4 is 5.91 Å². The molecule has 0 fully saturated rings. The van der Waals surface area contributed by atoms with Crippen molar-refractivity contribution < 1.29 is 4.79 Å². The van der Waals surface area contributed by atoms with Crippen LogP contribution in [0.3, 0.4) is 0 Å². The number of hydrogen-bond donors (Lipinski definition) is 1. The number of rotatable bonds is 4. The van der Waals surface area contributed by atoms with Gasteiger partial charge in [-0.15, -0.1) is 0 Å². The molecule has 1 aromatic rings. The molecule has 0 spiro atoms. The average molecular weight is 209 g/mol. The normalized spacial score (nSPS) is 12.5. The van der Waals surface area contributed by atoms with Crippen LogP contribution in [0.2, 0.25) is 0 Å². The monoisotopic (exact) mass is 209 g/mol. The Morgan fingerprint density at radius 2 is 2.33 bits per heavy atom. The van der Waals surface area contributed by atoms with E-state index in [0.29, 0.717) is 6.42 Å². The highest BCUT2D eigenvalue weighted by Gasteiger charge is 2.13. The molecule has 0 aromatic carbocycles. The number of amides is 1. The summed E-state index contributed by atoms with van der Waals surface area (Å²) >= 11 is 0. The van der Waals surface area contributed by atoms with Gasteiger partial charge in [0.2, 0.25) is 5.91 Å². The fourth-order valence-corrected chi connectivity index (χ4v) is 1.56. The predicted octanol–water partition coefficient (Wildman–Crippen LogP) is 1.71. The Bertz CT molecular complexity index is 344. The van der Waals surface area contributed by atoms with Gasteiger partial charge in [0.1, 0.15) is 0 Å². The van der Waals surface area contributed by atoms with Gasteiger partial charge in [0.15, 0.2) is 0 Å². The molecule has 1 heterocycles. The van der Waals surface area contributed by atoms with Crippen molar-refractivity contribution in [2.24, 2.45) is 7.05 Å². The highest BCUT2D eigenvalue weighted by molar-refractivity contribution is 5.76. The Morgan fingerprint density at radius 3 is 2.80 bits per heavy atom. The minimum atomic E-state index is 0.0396. The van der Waals surface area contributed by atoms with E-state index < -0.39 is 0 Å². The first-order chi connectivity index (χ1) is 7.06. The average Bonchev–Trinajstić information content (AvgIpc) is 2.48. The summed E-state index contributed by atoms with van der Waals surface area (Å²) in [5.74, 6) is 0.105. The zero-order valence-corrected chi connectivity index (χ0v) is 9.87. The number of carbonyl (C=O) groups is 1. The van der Waals surface area contributed by atoms with Crippen LogP contribution in [0.25, 0.3) is 0 Å². The fourth-order valence-electron chi connectivity index (χ4n) is 1.56. The Hall–Kier alpha value is -1.32. The molecule has 0 saturated heterocycles. The first-order valence-electron chi connectivity index (χ1n) is 5.34. The summed E-state index contributed by atoms with van der Waals surface area (Å²) < 4.78 is 1.82. The van der Waals surface area contributed by atoms with Gasteiger partial charge in [-0.05, 0) is 20.3 Å².